The quantitative estimate of drug-likeness (QED) is 0.315. The third kappa shape index (κ3) is 9.07. The molecular weight excluding hydrogens is 513 g/mol. The highest BCUT2D eigenvalue weighted by atomic mass is 19.1. The van der Waals surface area contributed by atoms with E-state index in [9.17, 15) is 14.0 Å². The van der Waals surface area contributed by atoms with Crippen LogP contribution in [0.5, 0.6) is 0 Å². The Morgan fingerprint density at radius 2 is 1.95 bits per heavy atom. The Kier molecular flexibility index (Phi) is 10.6. The topological polar surface area (TPSA) is 132 Å². The Labute approximate surface area is 235 Å². The number of aromatic nitrogens is 2. The van der Waals surface area contributed by atoms with E-state index in [0.29, 0.717) is 36.2 Å². The number of carbonyl (C=O) groups excluding carboxylic acids is 2. The lowest BCUT2D eigenvalue weighted by Gasteiger charge is -2.37. The summed E-state index contributed by atoms with van der Waals surface area (Å²) in [7, 11) is 1.56. The number of nitrogens with zero attached hydrogens (tertiary/aromatic N) is 4. The van der Waals surface area contributed by atoms with Crippen molar-refractivity contribution < 1.29 is 18.7 Å². The van der Waals surface area contributed by atoms with Crippen LogP contribution in [0.4, 0.5) is 26.6 Å². The highest BCUT2D eigenvalue weighted by molar-refractivity contribution is 5.85. The number of likely N-dealkylation sites (N-methyl/N-ethyl adjacent to an activating group) is 1. The fourth-order valence-electron chi connectivity index (χ4n) is 4.27. The molecule has 1 aromatic carbocycles. The summed E-state index contributed by atoms with van der Waals surface area (Å²) in [5.74, 6) is 1.32. The predicted molar refractivity (Wildman–Crippen MR) is 152 cm³/mol. The second-order valence-electron chi connectivity index (χ2n) is 11.2. The average Bonchev–Trinajstić information content (AvgIpc) is 2.89. The van der Waals surface area contributed by atoms with E-state index in [1.165, 1.54) is 4.90 Å². The van der Waals surface area contributed by atoms with Crippen LogP contribution < -0.4 is 16.0 Å². The first-order valence-electron chi connectivity index (χ1n) is 13.7. The van der Waals surface area contributed by atoms with Crippen LogP contribution in [-0.4, -0.2) is 64.8 Å². The summed E-state index contributed by atoms with van der Waals surface area (Å²) in [6.45, 7) is 7.10. The lowest BCUT2D eigenvalue weighted by Crippen LogP contribution is -2.52. The second kappa shape index (κ2) is 13.9. The highest BCUT2D eigenvalue weighted by Crippen LogP contribution is 2.32. The summed E-state index contributed by atoms with van der Waals surface area (Å²) in [4.78, 5) is 35.3. The number of halogens is 1. The van der Waals surface area contributed by atoms with Crippen molar-refractivity contribution in [2.75, 3.05) is 30.9 Å². The Bertz CT molecular complexity index is 1190. The average molecular weight is 554 g/mol. The van der Waals surface area contributed by atoms with Crippen LogP contribution >= 0.6 is 0 Å². The number of carbonyl (C=O) groups is 2. The van der Waals surface area contributed by atoms with Crippen LogP contribution in [0.2, 0.25) is 0 Å². The van der Waals surface area contributed by atoms with Crippen LogP contribution in [0, 0.1) is 17.2 Å². The predicted octanol–water partition coefficient (Wildman–Crippen LogP) is 4.95. The molecule has 11 heteroatoms. The smallest absolute Gasteiger partial charge is 0.410 e. The van der Waals surface area contributed by atoms with E-state index < -0.39 is 24.4 Å². The van der Waals surface area contributed by atoms with E-state index in [2.05, 4.69) is 32.0 Å². The molecule has 1 saturated carbocycles. The molecule has 1 aliphatic carbocycles. The minimum absolute atomic E-state index is 0.0735. The number of amides is 2. The first-order chi connectivity index (χ1) is 19.0. The van der Waals surface area contributed by atoms with Crippen LogP contribution in [0.25, 0.3) is 0 Å². The maximum Gasteiger partial charge on any atom is 0.410 e. The monoisotopic (exact) mass is 553 g/mol. The standard InChI is InChI=1S/C29H40FN7O3/c1-19(37(5)28(39)40-29(2,3)4)26(38)34-24-15-21(16-24)7-10-22-18-33-27(36-25(22)32-14-6-13-30)35-23-11-8-20(17-31)9-12-23/h8-9,11-12,18-19,21,24H,6-7,10,13-16H2,1-5H3,(H,34,38)(H2,32,33,35,36)/t19-,21?,24?/m0/s1. The Morgan fingerprint density at radius 3 is 2.58 bits per heavy atom. The summed E-state index contributed by atoms with van der Waals surface area (Å²) >= 11 is 0. The van der Waals surface area contributed by atoms with Crippen LogP contribution in [0.1, 0.15) is 64.5 Å². The number of benzene rings is 1. The van der Waals surface area contributed by atoms with Crippen LogP contribution in [0.3, 0.4) is 0 Å². The van der Waals surface area contributed by atoms with Gasteiger partial charge in [0.05, 0.1) is 18.3 Å². The molecule has 1 aliphatic rings. The van der Waals surface area contributed by atoms with Gasteiger partial charge >= 0.3 is 6.09 Å². The zero-order valence-corrected chi connectivity index (χ0v) is 24.0. The molecule has 1 heterocycles. The Morgan fingerprint density at radius 1 is 1.25 bits per heavy atom. The van der Waals surface area contributed by atoms with Crippen molar-refractivity contribution in [3.05, 3.63) is 41.6 Å². The van der Waals surface area contributed by atoms with Gasteiger partial charge in [-0.25, -0.2) is 9.78 Å². The minimum Gasteiger partial charge on any atom is -0.444 e. The van der Waals surface area contributed by atoms with Gasteiger partial charge in [-0.05, 0) is 90.0 Å². The molecule has 0 saturated heterocycles. The third-order valence-electron chi connectivity index (χ3n) is 6.78. The number of alkyl halides is 1. The first-order valence-corrected chi connectivity index (χ1v) is 13.7. The molecule has 0 radical (unpaired) electrons. The summed E-state index contributed by atoms with van der Waals surface area (Å²) in [6.07, 6.45) is 5.01. The fourth-order valence-corrected chi connectivity index (χ4v) is 4.27. The lowest BCUT2D eigenvalue weighted by molar-refractivity contribution is -0.127. The van der Waals surface area contributed by atoms with E-state index in [-0.39, 0.29) is 11.9 Å². The lowest BCUT2D eigenvalue weighted by atomic mass is 9.77. The molecule has 2 amide bonds. The number of hydrogen-bond donors (Lipinski definition) is 3. The number of nitrogens with one attached hydrogen (secondary N) is 3. The van der Waals surface area contributed by atoms with E-state index in [1.54, 1.807) is 65.2 Å². The fraction of sp³-hybridized carbons (Fsp3) is 0.552. The SMILES string of the molecule is C[C@@H](C(=O)NC1CC(CCc2cnc(Nc3ccc(C#N)cc3)nc2NCCCF)C1)N(C)C(=O)OC(C)(C)C. The van der Waals surface area contributed by atoms with Crippen LogP contribution in [0.15, 0.2) is 30.5 Å². The maximum absolute atomic E-state index is 12.7. The molecule has 0 aliphatic heterocycles. The summed E-state index contributed by atoms with van der Waals surface area (Å²) in [6, 6.07) is 8.52. The van der Waals surface area contributed by atoms with E-state index >= 15 is 0 Å². The van der Waals surface area contributed by atoms with Gasteiger partial charge in [0.25, 0.3) is 0 Å². The number of anilines is 3. The van der Waals surface area contributed by atoms with Crippen molar-refractivity contribution in [3.63, 3.8) is 0 Å². The van der Waals surface area contributed by atoms with E-state index in [4.69, 9.17) is 10.00 Å². The number of hydrogen-bond acceptors (Lipinski definition) is 8. The van der Waals surface area contributed by atoms with Gasteiger partial charge in [-0.15, -0.1) is 0 Å². The third-order valence-corrected chi connectivity index (χ3v) is 6.78. The Balaban J connectivity index is 1.50. The van der Waals surface area contributed by atoms with Crippen molar-refractivity contribution in [1.29, 1.82) is 5.26 Å². The van der Waals surface area contributed by atoms with Gasteiger partial charge in [-0.3, -0.25) is 14.1 Å². The zero-order chi connectivity index (χ0) is 29.3. The van der Waals surface area contributed by atoms with E-state index in [1.807, 2.05) is 0 Å². The van der Waals surface area contributed by atoms with Gasteiger partial charge in [-0.1, -0.05) is 0 Å². The van der Waals surface area contributed by atoms with Crippen molar-refractivity contribution in [3.8, 4) is 6.07 Å². The molecular formula is C29H40FN7O3. The zero-order valence-electron chi connectivity index (χ0n) is 24.0. The van der Waals surface area contributed by atoms with Gasteiger partial charge in [0, 0.05) is 37.1 Å². The molecule has 1 atom stereocenters. The number of aryl methyl sites for hydroxylation is 1. The first kappa shape index (κ1) is 30.6. The molecule has 216 valence electrons. The van der Waals surface area contributed by atoms with Crippen molar-refractivity contribution in [2.45, 2.75) is 77.5 Å². The van der Waals surface area contributed by atoms with Crippen LogP contribution in [-0.2, 0) is 16.0 Å². The maximum atomic E-state index is 12.7. The van der Waals surface area contributed by atoms with Gasteiger partial charge in [-0.2, -0.15) is 10.2 Å². The number of nitriles is 1. The van der Waals surface area contributed by atoms with Crippen molar-refractivity contribution in [1.82, 2.24) is 20.2 Å². The molecule has 40 heavy (non-hydrogen) atoms. The van der Waals surface area contributed by atoms with Gasteiger partial charge in [0.15, 0.2) is 0 Å². The summed E-state index contributed by atoms with van der Waals surface area (Å²) < 4.78 is 18.0. The Hall–Kier alpha value is -3.94. The second-order valence-corrected chi connectivity index (χ2v) is 11.2. The molecule has 3 N–H and O–H groups in total. The van der Waals surface area contributed by atoms with E-state index in [0.717, 1.165) is 36.9 Å². The molecule has 10 nitrogen and oxygen atoms in total. The largest absolute Gasteiger partial charge is 0.444 e. The van der Waals surface area contributed by atoms with Crippen molar-refractivity contribution in [2.24, 2.45) is 5.92 Å². The summed E-state index contributed by atoms with van der Waals surface area (Å²) in [5.41, 5.74) is 1.65. The molecule has 0 unspecified atom stereocenters. The molecule has 0 spiro atoms. The molecule has 2 aromatic rings. The normalized spacial score (nSPS) is 17.1. The van der Waals surface area contributed by atoms with Gasteiger partial charge in [0.1, 0.15) is 17.5 Å². The van der Waals surface area contributed by atoms with Gasteiger partial charge in [0.2, 0.25) is 11.9 Å². The van der Waals surface area contributed by atoms with Crippen molar-refractivity contribution >= 4 is 29.5 Å². The summed E-state index contributed by atoms with van der Waals surface area (Å²) in [5, 5.41) is 18.4. The molecule has 1 aromatic heterocycles. The number of rotatable bonds is 12. The molecule has 3 rings (SSSR count). The highest BCUT2D eigenvalue weighted by Gasteiger charge is 2.33. The van der Waals surface area contributed by atoms with Gasteiger partial charge < -0.3 is 20.7 Å². The minimum atomic E-state index is -0.639. The molecule has 1 fully saturated rings. The number of ether oxygens (including phenoxy) is 1. The molecule has 0 bridgehead atoms.